The van der Waals surface area contributed by atoms with Gasteiger partial charge in [-0.15, -0.1) is 0 Å². The molecule has 0 aromatic heterocycles. The summed E-state index contributed by atoms with van der Waals surface area (Å²) >= 11 is 6.00. The average Bonchev–Trinajstić information content (AvgIpc) is 2.90. The van der Waals surface area contributed by atoms with Gasteiger partial charge in [0.2, 0.25) is 5.91 Å². The van der Waals surface area contributed by atoms with Crippen molar-refractivity contribution >= 4 is 34.8 Å². The molecule has 0 N–H and O–H groups in total. The van der Waals surface area contributed by atoms with Crippen LogP contribution >= 0.6 is 11.6 Å². The van der Waals surface area contributed by atoms with Gasteiger partial charge in [-0.05, 0) is 35.9 Å². The number of hydrazone groups is 1. The Morgan fingerprint density at radius 3 is 2.29 bits per heavy atom. The molecule has 0 saturated heterocycles. The second-order valence-electron chi connectivity index (χ2n) is 7.79. The van der Waals surface area contributed by atoms with E-state index in [0.717, 1.165) is 16.8 Å². The van der Waals surface area contributed by atoms with Crippen LogP contribution in [0.3, 0.4) is 0 Å². The van der Waals surface area contributed by atoms with Gasteiger partial charge >= 0.3 is 0 Å². The molecule has 5 nitrogen and oxygen atoms in total. The third-order valence-corrected chi connectivity index (χ3v) is 5.95. The molecule has 5 rings (SSSR count). The molecule has 2 aliphatic heterocycles. The molecule has 0 radical (unpaired) electrons. The number of benzene rings is 3. The molecular formula is C25H20ClN3O2. The van der Waals surface area contributed by atoms with Crippen molar-refractivity contribution < 1.29 is 9.59 Å². The minimum atomic E-state index is -0.160. The molecule has 3 aromatic rings. The van der Waals surface area contributed by atoms with Crippen LogP contribution in [-0.2, 0) is 11.3 Å². The largest absolute Gasteiger partial charge is 0.334 e. The molecule has 154 valence electrons. The minimum Gasteiger partial charge on any atom is -0.334 e. The molecule has 0 saturated carbocycles. The van der Waals surface area contributed by atoms with Gasteiger partial charge in [0.15, 0.2) is 0 Å². The Hall–Kier alpha value is -3.44. The number of rotatable bonds is 3. The lowest BCUT2D eigenvalue weighted by Crippen LogP contribution is -2.41. The van der Waals surface area contributed by atoms with Crippen LogP contribution in [0.5, 0.6) is 0 Å². The van der Waals surface area contributed by atoms with Gasteiger partial charge < -0.3 is 4.90 Å². The summed E-state index contributed by atoms with van der Waals surface area (Å²) in [6.07, 6.45) is 0.286. The van der Waals surface area contributed by atoms with Crippen LogP contribution in [0.4, 0.5) is 5.69 Å². The lowest BCUT2D eigenvalue weighted by molar-refractivity contribution is -0.119. The van der Waals surface area contributed by atoms with Crippen LogP contribution in [0.25, 0.3) is 0 Å². The number of hydrogen-bond donors (Lipinski definition) is 0. The number of carbonyl (C=O) groups is 2. The summed E-state index contributed by atoms with van der Waals surface area (Å²) in [5, 5.41) is 6.77. The van der Waals surface area contributed by atoms with E-state index in [1.807, 2.05) is 59.5 Å². The zero-order valence-corrected chi connectivity index (χ0v) is 17.5. The molecule has 2 amide bonds. The van der Waals surface area contributed by atoms with Gasteiger partial charge in [0.1, 0.15) is 0 Å². The van der Waals surface area contributed by atoms with Gasteiger partial charge in [0.05, 0.1) is 11.4 Å². The van der Waals surface area contributed by atoms with E-state index in [4.69, 9.17) is 16.7 Å². The highest BCUT2D eigenvalue weighted by Crippen LogP contribution is 2.31. The zero-order valence-electron chi connectivity index (χ0n) is 16.7. The van der Waals surface area contributed by atoms with Gasteiger partial charge in [-0.25, -0.2) is 5.01 Å². The minimum absolute atomic E-state index is 0.0398. The van der Waals surface area contributed by atoms with Crippen molar-refractivity contribution in [2.45, 2.75) is 13.0 Å². The van der Waals surface area contributed by atoms with Crippen molar-refractivity contribution in [2.75, 3.05) is 11.6 Å². The summed E-state index contributed by atoms with van der Waals surface area (Å²) < 4.78 is 0. The fraction of sp³-hybridized carbons (Fsp3) is 0.160. The molecule has 3 aromatic carbocycles. The van der Waals surface area contributed by atoms with E-state index in [0.29, 0.717) is 29.4 Å². The molecule has 2 heterocycles. The van der Waals surface area contributed by atoms with Gasteiger partial charge in [0, 0.05) is 41.6 Å². The Balaban J connectivity index is 1.57. The topological polar surface area (TPSA) is 53.0 Å². The van der Waals surface area contributed by atoms with Gasteiger partial charge in [-0.2, -0.15) is 5.10 Å². The molecule has 1 unspecified atom stereocenters. The van der Waals surface area contributed by atoms with Crippen molar-refractivity contribution in [1.82, 2.24) is 4.90 Å². The van der Waals surface area contributed by atoms with E-state index in [-0.39, 0.29) is 24.2 Å². The van der Waals surface area contributed by atoms with Crippen molar-refractivity contribution in [3.63, 3.8) is 0 Å². The molecular weight excluding hydrogens is 410 g/mol. The van der Waals surface area contributed by atoms with E-state index >= 15 is 0 Å². The second kappa shape index (κ2) is 8.00. The van der Waals surface area contributed by atoms with Crippen molar-refractivity contribution in [3.8, 4) is 0 Å². The van der Waals surface area contributed by atoms with E-state index in [2.05, 4.69) is 0 Å². The molecule has 0 spiro atoms. The number of fused-ring (bicyclic) bond motifs is 3. The first-order valence-electron chi connectivity index (χ1n) is 10.2. The van der Waals surface area contributed by atoms with E-state index in [9.17, 15) is 9.59 Å². The van der Waals surface area contributed by atoms with Crippen LogP contribution < -0.4 is 5.01 Å². The SMILES string of the molecule is O=C1c2ccccc2C2=NN(c3ccc(Cl)cc3)C(=O)CC2CN1Cc1ccccc1. The van der Waals surface area contributed by atoms with Gasteiger partial charge in [0.25, 0.3) is 5.91 Å². The average molecular weight is 430 g/mol. The maximum absolute atomic E-state index is 13.4. The number of carbonyl (C=O) groups excluding carboxylic acids is 2. The quantitative estimate of drug-likeness (QED) is 0.603. The number of hydrogen-bond acceptors (Lipinski definition) is 3. The van der Waals surface area contributed by atoms with Crippen LogP contribution in [0, 0.1) is 5.92 Å². The normalized spacial score (nSPS) is 18.2. The van der Waals surface area contributed by atoms with Gasteiger partial charge in [-0.3, -0.25) is 9.59 Å². The first kappa shape index (κ1) is 19.5. The maximum atomic E-state index is 13.4. The fourth-order valence-electron chi connectivity index (χ4n) is 4.20. The zero-order chi connectivity index (χ0) is 21.4. The van der Waals surface area contributed by atoms with Crippen molar-refractivity contribution in [3.05, 3.63) is 101 Å². The Morgan fingerprint density at radius 2 is 1.55 bits per heavy atom. The number of nitrogens with zero attached hydrogens (tertiary/aromatic N) is 3. The summed E-state index contributed by atoms with van der Waals surface area (Å²) in [5.41, 5.74) is 3.90. The Bertz CT molecular complexity index is 1170. The van der Waals surface area contributed by atoms with E-state index in [1.54, 1.807) is 24.3 Å². The highest BCUT2D eigenvalue weighted by molar-refractivity contribution is 6.30. The maximum Gasteiger partial charge on any atom is 0.254 e. The lowest BCUT2D eigenvalue weighted by Gasteiger charge is -2.30. The van der Waals surface area contributed by atoms with Crippen LogP contribution in [0.1, 0.15) is 27.9 Å². The van der Waals surface area contributed by atoms with Crippen LogP contribution in [0.15, 0.2) is 84.0 Å². The number of amides is 2. The molecule has 0 fully saturated rings. The third kappa shape index (κ3) is 3.73. The number of halogens is 1. The van der Waals surface area contributed by atoms with Crippen LogP contribution in [-0.4, -0.2) is 29.0 Å². The first-order chi connectivity index (χ1) is 15.1. The molecule has 2 aliphatic rings. The van der Waals surface area contributed by atoms with E-state index in [1.165, 1.54) is 5.01 Å². The van der Waals surface area contributed by atoms with Crippen molar-refractivity contribution in [1.29, 1.82) is 0 Å². The molecule has 1 atom stereocenters. The Labute approximate surface area is 185 Å². The molecule has 6 heteroatoms. The molecule has 0 aliphatic carbocycles. The fourth-order valence-corrected chi connectivity index (χ4v) is 4.33. The highest BCUT2D eigenvalue weighted by atomic mass is 35.5. The predicted octanol–water partition coefficient (Wildman–Crippen LogP) is 4.75. The first-order valence-corrected chi connectivity index (χ1v) is 10.6. The summed E-state index contributed by atoms with van der Waals surface area (Å²) in [6.45, 7) is 0.939. The summed E-state index contributed by atoms with van der Waals surface area (Å²) in [5.74, 6) is -0.294. The standard InChI is InChI=1S/C25H20ClN3O2/c26-19-10-12-20(13-11-19)29-23(30)14-18-16-28(15-17-6-2-1-3-7-17)25(31)22-9-5-4-8-21(22)24(18)27-29/h1-13,18H,14-16H2. The third-order valence-electron chi connectivity index (χ3n) is 5.70. The molecule has 0 bridgehead atoms. The smallest absolute Gasteiger partial charge is 0.254 e. The van der Waals surface area contributed by atoms with Gasteiger partial charge in [-0.1, -0.05) is 60.1 Å². The summed E-state index contributed by atoms with van der Waals surface area (Å²) in [7, 11) is 0. The summed E-state index contributed by atoms with van der Waals surface area (Å²) in [4.78, 5) is 28.2. The Morgan fingerprint density at radius 1 is 0.871 bits per heavy atom. The summed E-state index contributed by atoms with van der Waals surface area (Å²) in [6, 6.07) is 24.5. The predicted molar refractivity (Wildman–Crippen MR) is 121 cm³/mol. The second-order valence-corrected chi connectivity index (χ2v) is 8.22. The van der Waals surface area contributed by atoms with Crippen molar-refractivity contribution in [2.24, 2.45) is 11.0 Å². The monoisotopic (exact) mass is 429 g/mol. The number of anilines is 1. The van der Waals surface area contributed by atoms with Crippen LogP contribution in [0.2, 0.25) is 5.02 Å². The lowest BCUT2D eigenvalue weighted by atomic mass is 9.90. The van der Waals surface area contributed by atoms with E-state index < -0.39 is 0 Å². The molecule has 31 heavy (non-hydrogen) atoms. The highest BCUT2D eigenvalue weighted by Gasteiger charge is 2.38. The Kier molecular flexibility index (Phi) is 5.04.